The minimum Gasteiger partial charge on any atom is -0.439 e. The number of benzene rings is 2. The first-order valence-electron chi connectivity index (χ1n) is 8.83. The van der Waals surface area contributed by atoms with Crippen LogP contribution >= 0.6 is 11.6 Å². The van der Waals surface area contributed by atoms with Crippen molar-refractivity contribution in [3.05, 3.63) is 94.3 Å². The number of nitrogens with one attached hydrogen (secondary N) is 1. The fraction of sp³-hybridized carbons (Fsp3) is 0. The van der Waals surface area contributed by atoms with E-state index in [-0.39, 0.29) is 16.3 Å². The van der Waals surface area contributed by atoms with E-state index in [2.05, 4.69) is 20.3 Å². The molecule has 0 unspecified atom stereocenters. The standard InChI is InChI=1S/C20H13ClN6O4/c21-17-9-14(27(29)30)3-6-16(17)20(28)25-13-1-4-15(5-2-13)31-19-10-18(23-11-24-19)26-8-7-22-12-26/h1-12H,(H,25,28). The molecule has 0 radical (unpaired) electrons. The monoisotopic (exact) mass is 436 g/mol. The number of carbonyl (C=O) groups excluding carboxylic acids is 1. The quantitative estimate of drug-likeness (QED) is 0.353. The van der Waals surface area contributed by atoms with Crippen LogP contribution in [0.3, 0.4) is 0 Å². The molecule has 4 aromatic rings. The molecule has 0 saturated heterocycles. The lowest BCUT2D eigenvalue weighted by molar-refractivity contribution is -0.384. The number of rotatable bonds is 6. The summed E-state index contributed by atoms with van der Waals surface area (Å²) >= 11 is 6.00. The average Bonchev–Trinajstić information content (AvgIpc) is 3.30. The van der Waals surface area contributed by atoms with Gasteiger partial charge in [0, 0.05) is 36.3 Å². The second kappa shape index (κ2) is 8.59. The minimum absolute atomic E-state index is 0.0101. The van der Waals surface area contributed by atoms with Crippen molar-refractivity contribution < 1.29 is 14.5 Å². The fourth-order valence-electron chi connectivity index (χ4n) is 2.65. The largest absolute Gasteiger partial charge is 0.439 e. The van der Waals surface area contributed by atoms with Gasteiger partial charge in [0.05, 0.1) is 15.5 Å². The van der Waals surface area contributed by atoms with E-state index in [0.717, 1.165) is 6.07 Å². The van der Waals surface area contributed by atoms with Gasteiger partial charge in [-0.2, -0.15) is 0 Å². The van der Waals surface area contributed by atoms with Crippen LogP contribution < -0.4 is 10.1 Å². The number of imidazole rings is 1. The maximum Gasteiger partial charge on any atom is 0.270 e. The molecule has 4 rings (SSSR count). The molecule has 2 heterocycles. The number of aromatic nitrogens is 4. The van der Waals surface area contributed by atoms with E-state index in [1.807, 2.05) is 0 Å². The number of ether oxygens (including phenoxy) is 1. The van der Waals surface area contributed by atoms with Gasteiger partial charge < -0.3 is 10.1 Å². The Labute approximate surface area is 180 Å². The second-order valence-corrected chi connectivity index (χ2v) is 6.59. The van der Waals surface area contributed by atoms with Crippen molar-refractivity contribution in [3.63, 3.8) is 0 Å². The van der Waals surface area contributed by atoms with Gasteiger partial charge in [0.2, 0.25) is 5.88 Å². The van der Waals surface area contributed by atoms with Gasteiger partial charge in [-0.15, -0.1) is 0 Å². The number of hydrogen-bond acceptors (Lipinski definition) is 7. The Morgan fingerprint density at radius 3 is 2.61 bits per heavy atom. The zero-order valence-corrected chi connectivity index (χ0v) is 16.4. The topological polar surface area (TPSA) is 125 Å². The molecule has 0 aliphatic carbocycles. The Kier molecular flexibility index (Phi) is 5.54. The molecule has 0 aliphatic rings. The van der Waals surface area contributed by atoms with Crippen LogP contribution in [0.4, 0.5) is 11.4 Å². The van der Waals surface area contributed by atoms with E-state index in [1.165, 1.54) is 18.5 Å². The third-order valence-electron chi connectivity index (χ3n) is 4.14. The van der Waals surface area contributed by atoms with Crippen molar-refractivity contribution in [2.75, 3.05) is 5.32 Å². The third kappa shape index (κ3) is 4.65. The highest BCUT2D eigenvalue weighted by atomic mass is 35.5. The Balaban J connectivity index is 1.43. The zero-order valence-electron chi connectivity index (χ0n) is 15.7. The number of nitrogens with zero attached hydrogens (tertiary/aromatic N) is 5. The zero-order chi connectivity index (χ0) is 21.8. The normalized spacial score (nSPS) is 10.5. The molecule has 31 heavy (non-hydrogen) atoms. The molecule has 0 bridgehead atoms. The van der Waals surface area contributed by atoms with Crippen LogP contribution in [0.2, 0.25) is 5.02 Å². The van der Waals surface area contributed by atoms with Gasteiger partial charge in [-0.3, -0.25) is 19.5 Å². The highest BCUT2D eigenvalue weighted by molar-refractivity contribution is 6.34. The van der Waals surface area contributed by atoms with Crippen molar-refractivity contribution in [1.82, 2.24) is 19.5 Å². The van der Waals surface area contributed by atoms with Crippen molar-refractivity contribution >= 4 is 28.9 Å². The maximum atomic E-state index is 12.4. The van der Waals surface area contributed by atoms with E-state index >= 15 is 0 Å². The second-order valence-electron chi connectivity index (χ2n) is 6.19. The number of non-ortho nitro benzene ring substituents is 1. The molecule has 11 heteroatoms. The first kappa shape index (κ1) is 20.0. The summed E-state index contributed by atoms with van der Waals surface area (Å²) in [6.45, 7) is 0. The Hall–Kier alpha value is -4.31. The van der Waals surface area contributed by atoms with Crippen LogP contribution in [-0.2, 0) is 0 Å². The van der Waals surface area contributed by atoms with Crippen LogP contribution in [0.15, 0.2) is 73.6 Å². The van der Waals surface area contributed by atoms with Gasteiger partial charge in [0.15, 0.2) is 0 Å². The number of amides is 1. The van der Waals surface area contributed by atoms with Gasteiger partial charge in [0.1, 0.15) is 24.2 Å². The number of anilines is 1. The highest BCUT2D eigenvalue weighted by Gasteiger charge is 2.15. The lowest BCUT2D eigenvalue weighted by atomic mass is 10.2. The van der Waals surface area contributed by atoms with E-state index in [4.69, 9.17) is 16.3 Å². The van der Waals surface area contributed by atoms with Gasteiger partial charge >= 0.3 is 0 Å². The summed E-state index contributed by atoms with van der Waals surface area (Å²) in [6.07, 6.45) is 6.38. The first-order chi connectivity index (χ1) is 15.0. The van der Waals surface area contributed by atoms with Gasteiger partial charge in [-0.25, -0.2) is 15.0 Å². The predicted molar refractivity (Wildman–Crippen MR) is 112 cm³/mol. The summed E-state index contributed by atoms with van der Waals surface area (Å²) in [7, 11) is 0. The van der Waals surface area contributed by atoms with Gasteiger partial charge in [0.25, 0.3) is 11.6 Å². The van der Waals surface area contributed by atoms with Crippen LogP contribution in [-0.4, -0.2) is 30.3 Å². The van der Waals surface area contributed by atoms with E-state index in [9.17, 15) is 14.9 Å². The molecule has 0 spiro atoms. The molecule has 0 aliphatic heterocycles. The van der Waals surface area contributed by atoms with Crippen LogP contribution in [0.25, 0.3) is 5.82 Å². The predicted octanol–water partition coefficient (Wildman–Crippen LogP) is 4.27. The van der Waals surface area contributed by atoms with E-state index in [1.54, 1.807) is 53.6 Å². The molecule has 0 fully saturated rings. The minimum atomic E-state index is -0.581. The summed E-state index contributed by atoms with van der Waals surface area (Å²) < 4.78 is 7.45. The maximum absolute atomic E-state index is 12.4. The van der Waals surface area contributed by atoms with Crippen molar-refractivity contribution in [3.8, 4) is 17.4 Å². The average molecular weight is 437 g/mol. The molecule has 2 aromatic heterocycles. The number of nitro groups is 1. The van der Waals surface area contributed by atoms with Gasteiger partial charge in [-0.05, 0) is 30.3 Å². The number of carbonyl (C=O) groups is 1. The van der Waals surface area contributed by atoms with Crippen molar-refractivity contribution in [2.45, 2.75) is 0 Å². The summed E-state index contributed by atoms with van der Waals surface area (Å²) in [4.78, 5) is 34.8. The summed E-state index contributed by atoms with van der Waals surface area (Å²) in [5.74, 6) is 0.954. The summed E-state index contributed by atoms with van der Waals surface area (Å²) in [5, 5.41) is 13.5. The lowest BCUT2D eigenvalue weighted by Gasteiger charge is -2.09. The molecule has 2 aromatic carbocycles. The third-order valence-corrected chi connectivity index (χ3v) is 4.45. The Bertz CT molecular complexity index is 1250. The number of halogens is 1. The smallest absolute Gasteiger partial charge is 0.270 e. The van der Waals surface area contributed by atoms with Crippen LogP contribution in [0.1, 0.15) is 10.4 Å². The molecule has 0 saturated carbocycles. The fourth-order valence-corrected chi connectivity index (χ4v) is 2.91. The Morgan fingerprint density at radius 2 is 1.94 bits per heavy atom. The molecule has 1 N–H and O–H groups in total. The molecule has 1 amide bonds. The first-order valence-corrected chi connectivity index (χ1v) is 9.21. The summed E-state index contributed by atoms with van der Waals surface area (Å²) in [5.41, 5.74) is 0.429. The van der Waals surface area contributed by atoms with Crippen molar-refractivity contribution in [1.29, 1.82) is 0 Å². The summed E-state index contributed by atoms with van der Waals surface area (Å²) in [6, 6.07) is 11.9. The van der Waals surface area contributed by atoms with Gasteiger partial charge in [-0.1, -0.05) is 11.6 Å². The lowest BCUT2D eigenvalue weighted by Crippen LogP contribution is -2.12. The SMILES string of the molecule is O=C(Nc1ccc(Oc2cc(-n3ccnc3)ncn2)cc1)c1ccc([N+](=O)[O-])cc1Cl. The molecule has 0 atom stereocenters. The van der Waals surface area contributed by atoms with Crippen molar-refractivity contribution in [2.24, 2.45) is 0 Å². The van der Waals surface area contributed by atoms with Crippen LogP contribution in [0, 0.1) is 10.1 Å². The van der Waals surface area contributed by atoms with Crippen LogP contribution in [0.5, 0.6) is 11.6 Å². The van der Waals surface area contributed by atoms with E-state index in [0.29, 0.717) is 23.1 Å². The number of hydrogen-bond donors (Lipinski definition) is 1. The highest BCUT2D eigenvalue weighted by Crippen LogP contribution is 2.25. The molecular formula is C20H13ClN6O4. The molecule has 154 valence electrons. The number of nitro benzene ring substituents is 1. The van der Waals surface area contributed by atoms with E-state index < -0.39 is 10.8 Å². The Morgan fingerprint density at radius 1 is 1.13 bits per heavy atom. The molecular weight excluding hydrogens is 424 g/mol. The molecule has 10 nitrogen and oxygen atoms in total.